The summed E-state index contributed by atoms with van der Waals surface area (Å²) in [4.78, 5) is 0.463. The Morgan fingerprint density at radius 3 is 1.88 bits per heavy atom. The Balaban J connectivity index is 3.84. The second kappa shape index (κ2) is 2.91. The van der Waals surface area contributed by atoms with Gasteiger partial charge in [-0.05, 0) is 0 Å². The zero-order valence-corrected chi connectivity index (χ0v) is 6.05. The minimum absolute atomic E-state index is 0.157. The van der Waals surface area contributed by atoms with E-state index < -0.39 is 0 Å². The third kappa shape index (κ3) is 2.15. The predicted octanol–water partition coefficient (Wildman–Crippen LogP) is -0.595. The molecule has 0 rings (SSSR count). The highest BCUT2D eigenvalue weighted by molar-refractivity contribution is 7.89. The van der Waals surface area contributed by atoms with Crippen LogP contribution in [0.3, 0.4) is 0 Å². The summed E-state index contributed by atoms with van der Waals surface area (Å²) >= 11 is 9.15. The molecule has 8 heavy (non-hydrogen) atoms. The fourth-order valence-corrected chi connectivity index (χ4v) is 0.318. The molecule has 0 amide bonds. The van der Waals surface area contributed by atoms with Gasteiger partial charge in [0.25, 0.3) is 0 Å². The molecule has 0 aliphatic carbocycles. The van der Waals surface area contributed by atoms with E-state index in [0.717, 1.165) is 0 Å². The van der Waals surface area contributed by atoms with Gasteiger partial charge in [-0.25, -0.2) is 5.84 Å². The molecular weight excluding hydrogens is 142 g/mol. The van der Waals surface area contributed by atoms with Crippen LogP contribution in [0.2, 0.25) is 0 Å². The van der Waals surface area contributed by atoms with Gasteiger partial charge in [0.05, 0.1) is 0 Å². The maximum absolute atomic E-state index is 5.16. The number of rotatable bonds is 0. The predicted molar refractivity (Wildman–Crippen MR) is 41.3 cm³/mol. The first-order valence-corrected chi connectivity index (χ1v) is 2.69. The first kappa shape index (κ1) is 7.74. The quantitative estimate of drug-likeness (QED) is 0.274. The summed E-state index contributed by atoms with van der Waals surface area (Å²) in [6.07, 6.45) is 0. The van der Waals surface area contributed by atoms with Gasteiger partial charge in [0, 0.05) is 7.05 Å². The molecule has 0 aromatic heterocycles. The van der Waals surface area contributed by atoms with Gasteiger partial charge in [-0.2, -0.15) is 0 Å². The average Bonchev–Trinajstić information content (AvgIpc) is 1.64. The topological polar surface area (TPSA) is 55.3 Å². The van der Waals surface area contributed by atoms with Gasteiger partial charge in [0.1, 0.15) is 9.98 Å². The molecule has 0 bridgehead atoms. The van der Waals surface area contributed by atoms with Crippen molar-refractivity contribution < 1.29 is 0 Å². The van der Waals surface area contributed by atoms with E-state index in [1.807, 2.05) is 0 Å². The number of nitrogens with zero attached hydrogens (tertiary/aromatic N) is 1. The molecule has 0 heterocycles. The second-order valence-corrected chi connectivity index (χ2v) is 2.11. The van der Waals surface area contributed by atoms with E-state index in [0.29, 0.717) is 4.99 Å². The van der Waals surface area contributed by atoms with Crippen molar-refractivity contribution in [2.45, 2.75) is 0 Å². The Bertz CT molecular complexity index is 120. The van der Waals surface area contributed by atoms with Crippen LogP contribution in [0.15, 0.2) is 0 Å². The summed E-state index contributed by atoms with van der Waals surface area (Å²) in [7, 11) is 1.58. The van der Waals surface area contributed by atoms with Crippen molar-refractivity contribution in [3.8, 4) is 0 Å². The summed E-state index contributed by atoms with van der Waals surface area (Å²) in [5, 5.41) is 1.21. The molecule has 0 aliphatic rings. The fourth-order valence-electron chi connectivity index (χ4n) is 0.174. The number of thiocarbonyl (C=S) groups is 2. The summed E-state index contributed by atoms with van der Waals surface area (Å²) < 4.78 is 0. The van der Waals surface area contributed by atoms with Crippen LogP contribution in [0.1, 0.15) is 0 Å². The molecule has 0 saturated heterocycles. The van der Waals surface area contributed by atoms with Crippen LogP contribution in [0, 0.1) is 0 Å². The van der Waals surface area contributed by atoms with Gasteiger partial charge in [-0.3, -0.25) is 0 Å². The molecular formula is C3H7N3S2. The molecule has 5 heteroatoms. The van der Waals surface area contributed by atoms with Crippen molar-refractivity contribution in [1.82, 2.24) is 5.01 Å². The van der Waals surface area contributed by atoms with Crippen LogP contribution < -0.4 is 11.6 Å². The Hall–Kier alpha value is -0.260. The van der Waals surface area contributed by atoms with Gasteiger partial charge in [0.2, 0.25) is 0 Å². The molecule has 0 fully saturated rings. The SMILES string of the molecule is CN(N)C(=S)C(N)=S. The highest BCUT2D eigenvalue weighted by Crippen LogP contribution is 1.78. The van der Waals surface area contributed by atoms with Gasteiger partial charge in [-0.15, -0.1) is 0 Å². The number of likely N-dealkylation sites (N-methyl/N-ethyl adjacent to an activating group) is 1. The number of hydrogen-bond acceptors (Lipinski definition) is 3. The van der Waals surface area contributed by atoms with Gasteiger partial charge >= 0.3 is 0 Å². The van der Waals surface area contributed by atoms with Gasteiger partial charge < -0.3 is 10.7 Å². The van der Waals surface area contributed by atoms with Crippen LogP contribution >= 0.6 is 24.4 Å². The van der Waals surface area contributed by atoms with Crippen LogP contribution in [-0.2, 0) is 0 Å². The van der Waals surface area contributed by atoms with Crippen molar-refractivity contribution >= 4 is 34.4 Å². The Labute approximate surface area is 58.6 Å². The maximum Gasteiger partial charge on any atom is 0.150 e. The Morgan fingerprint density at radius 1 is 1.50 bits per heavy atom. The van der Waals surface area contributed by atoms with E-state index in [-0.39, 0.29) is 4.99 Å². The highest BCUT2D eigenvalue weighted by atomic mass is 32.1. The molecule has 0 radical (unpaired) electrons. The lowest BCUT2D eigenvalue weighted by Gasteiger charge is -2.09. The monoisotopic (exact) mass is 149 g/mol. The molecule has 3 nitrogen and oxygen atoms in total. The lowest BCUT2D eigenvalue weighted by Crippen LogP contribution is -2.39. The second-order valence-electron chi connectivity index (χ2n) is 1.28. The fraction of sp³-hybridized carbons (Fsp3) is 0.333. The third-order valence-corrected chi connectivity index (χ3v) is 1.36. The van der Waals surface area contributed by atoms with Crippen molar-refractivity contribution in [1.29, 1.82) is 0 Å². The summed E-state index contributed by atoms with van der Waals surface area (Å²) in [6, 6.07) is 0. The van der Waals surface area contributed by atoms with Crippen LogP contribution in [-0.4, -0.2) is 22.0 Å². The largest absolute Gasteiger partial charge is 0.387 e. The lowest BCUT2D eigenvalue weighted by molar-refractivity contribution is 0.556. The highest BCUT2D eigenvalue weighted by Gasteiger charge is 1.99. The lowest BCUT2D eigenvalue weighted by atomic mass is 10.6. The molecule has 0 saturated carbocycles. The van der Waals surface area contributed by atoms with Crippen molar-refractivity contribution in [2.75, 3.05) is 7.05 Å². The minimum atomic E-state index is 0.157. The number of hydrazine groups is 1. The Kier molecular flexibility index (Phi) is 2.81. The maximum atomic E-state index is 5.16. The molecule has 0 aromatic rings. The Morgan fingerprint density at radius 2 is 1.88 bits per heavy atom. The molecule has 0 unspecified atom stereocenters. The van der Waals surface area contributed by atoms with Crippen molar-refractivity contribution in [3.05, 3.63) is 0 Å². The van der Waals surface area contributed by atoms with E-state index in [2.05, 4.69) is 24.4 Å². The van der Waals surface area contributed by atoms with E-state index in [1.165, 1.54) is 5.01 Å². The van der Waals surface area contributed by atoms with E-state index in [9.17, 15) is 0 Å². The zero-order chi connectivity index (χ0) is 6.73. The average molecular weight is 149 g/mol. The normalized spacial score (nSPS) is 8.25. The minimum Gasteiger partial charge on any atom is -0.387 e. The van der Waals surface area contributed by atoms with Gasteiger partial charge in [-0.1, -0.05) is 24.4 Å². The van der Waals surface area contributed by atoms with Crippen molar-refractivity contribution in [2.24, 2.45) is 11.6 Å². The molecule has 4 N–H and O–H groups in total. The van der Waals surface area contributed by atoms with Crippen molar-refractivity contribution in [3.63, 3.8) is 0 Å². The molecule has 0 aliphatic heterocycles. The van der Waals surface area contributed by atoms with Gasteiger partial charge in [0.15, 0.2) is 0 Å². The van der Waals surface area contributed by atoms with E-state index >= 15 is 0 Å². The smallest absolute Gasteiger partial charge is 0.150 e. The first-order chi connectivity index (χ1) is 3.55. The summed E-state index contributed by atoms with van der Waals surface area (Å²) in [5.41, 5.74) is 5.11. The van der Waals surface area contributed by atoms with Crippen LogP contribution in [0.4, 0.5) is 0 Å². The van der Waals surface area contributed by atoms with Crippen LogP contribution in [0.25, 0.3) is 0 Å². The third-order valence-electron chi connectivity index (χ3n) is 0.531. The summed E-state index contributed by atoms with van der Waals surface area (Å²) in [5.74, 6) is 5.16. The number of nitrogens with two attached hydrogens (primary N) is 2. The van der Waals surface area contributed by atoms with Crippen LogP contribution in [0.5, 0.6) is 0 Å². The molecule has 46 valence electrons. The number of hydrogen-bond donors (Lipinski definition) is 2. The van der Waals surface area contributed by atoms with E-state index in [4.69, 9.17) is 11.6 Å². The molecule has 0 spiro atoms. The molecule has 0 atom stereocenters. The zero-order valence-electron chi connectivity index (χ0n) is 4.42. The molecule has 0 aromatic carbocycles. The van der Waals surface area contributed by atoms with E-state index in [1.54, 1.807) is 7.05 Å². The summed E-state index contributed by atoms with van der Waals surface area (Å²) in [6.45, 7) is 0. The standard InChI is InChI=1S/C3H7N3S2/c1-6(5)3(8)2(4)7/h5H2,1H3,(H2,4,7). The first-order valence-electron chi connectivity index (χ1n) is 1.88.